The van der Waals surface area contributed by atoms with Gasteiger partial charge in [0.2, 0.25) is 0 Å². The summed E-state index contributed by atoms with van der Waals surface area (Å²) in [5.74, 6) is 0. The molecule has 0 aliphatic carbocycles. The molecule has 0 amide bonds. The fraction of sp³-hybridized carbons (Fsp3) is 0.583. The van der Waals surface area contributed by atoms with Crippen LogP contribution in [0.3, 0.4) is 0 Å². The lowest BCUT2D eigenvalue weighted by molar-refractivity contribution is 0.304. The molecule has 1 aromatic rings. The molecule has 2 rings (SSSR count). The summed E-state index contributed by atoms with van der Waals surface area (Å²) in [5, 5.41) is 0. The van der Waals surface area contributed by atoms with E-state index in [0.717, 1.165) is 31.6 Å². The topological polar surface area (TPSA) is 51.3 Å². The number of hydrogen-bond donors (Lipinski definition) is 1. The van der Waals surface area contributed by atoms with E-state index in [-0.39, 0.29) is 5.56 Å². The van der Waals surface area contributed by atoms with Crippen LogP contribution in [-0.4, -0.2) is 23.1 Å². The molecule has 0 saturated heterocycles. The predicted molar refractivity (Wildman–Crippen MR) is 64.3 cm³/mol. The van der Waals surface area contributed by atoms with Crippen molar-refractivity contribution in [3.63, 3.8) is 0 Å². The van der Waals surface area contributed by atoms with Gasteiger partial charge in [-0.25, -0.2) is 0 Å². The lowest BCUT2D eigenvalue weighted by atomic mass is 10.0. The van der Waals surface area contributed by atoms with Gasteiger partial charge in [0, 0.05) is 43.9 Å². The van der Waals surface area contributed by atoms with Gasteiger partial charge in [-0.15, -0.1) is 0 Å². The van der Waals surface area contributed by atoms with Crippen molar-refractivity contribution >= 4 is 0 Å². The zero-order chi connectivity index (χ0) is 11.7. The van der Waals surface area contributed by atoms with Crippen LogP contribution < -0.4 is 11.3 Å². The highest BCUT2D eigenvalue weighted by atomic mass is 16.1. The SMILES string of the molecule is CCn1c2c(cc(CN)c1=O)CN(C)CC2. The molecule has 88 valence electrons. The highest BCUT2D eigenvalue weighted by molar-refractivity contribution is 5.29. The van der Waals surface area contributed by atoms with Gasteiger partial charge in [0.05, 0.1) is 0 Å². The fourth-order valence-electron chi connectivity index (χ4n) is 2.40. The first-order valence-electron chi connectivity index (χ1n) is 5.80. The van der Waals surface area contributed by atoms with E-state index in [4.69, 9.17) is 5.73 Å². The van der Waals surface area contributed by atoms with Crippen molar-refractivity contribution in [2.45, 2.75) is 33.0 Å². The summed E-state index contributed by atoms with van der Waals surface area (Å²) in [5.41, 5.74) is 8.90. The molecule has 0 unspecified atom stereocenters. The Balaban J connectivity index is 2.60. The maximum atomic E-state index is 12.1. The van der Waals surface area contributed by atoms with Gasteiger partial charge in [-0.1, -0.05) is 0 Å². The van der Waals surface area contributed by atoms with Crippen LogP contribution in [-0.2, 0) is 26.1 Å². The Kier molecular flexibility index (Phi) is 3.12. The van der Waals surface area contributed by atoms with Gasteiger partial charge in [-0.05, 0) is 25.6 Å². The van der Waals surface area contributed by atoms with E-state index < -0.39 is 0 Å². The first kappa shape index (κ1) is 11.4. The van der Waals surface area contributed by atoms with Crippen LogP contribution in [0.2, 0.25) is 0 Å². The number of fused-ring (bicyclic) bond motifs is 1. The molecule has 1 aliphatic rings. The Morgan fingerprint density at radius 2 is 2.25 bits per heavy atom. The molecule has 1 aliphatic heterocycles. The molecular weight excluding hydrogens is 202 g/mol. The molecule has 0 aromatic carbocycles. The van der Waals surface area contributed by atoms with Gasteiger partial charge in [-0.3, -0.25) is 4.79 Å². The third-order valence-electron chi connectivity index (χ3n) is 3.27. The van der Waals surface area contributed by atoms with Gasteiger partial charge in [0.15, 0.2) is 0 Å². The Morgan fingerprint density at radius 3 is 2.88 bits per heavy atom. The fourth-order valence-corrected chi connectivity index (χ4v) is 2.40. The lowest BCUT2D eigenvalue weighted by Crippen LogP contribution is -2.35. The van der Waals surface area contributed by atoms with Crippen LogP contribution in [0.25, 0.3) is 0 Å². The van der Waals surface area contributed by atoms with Crippen LogP contribution in [0.1, 0.15) is 23.7 Å². The molecular formula is C12H19N3O. The molecule has 2 heterocycles. The number of aromatic nitrogens is 1. The van der Waals surface area contributed by atoms with Gasteiger partial charge < -0.3 is 15.2 Å². The molecule has 0 atom stereocenters. The van der Waals surface area contributed by atoms with E-state index >= 15 is 0 Å². The average Bonchev–Trinajstić information content (AvgIpc) is 2.28. The van der Waals surface area contributed by atoms with Crippen molar-refractivity contribution < 1.29 is 0 Å². The van der Waals surface area contributed by atoms with Gasteiger partial charge in [0.1, 0.15) is 0 Å². The minimum atomic E-state index is 0.0910. The average molecular weight is 221 g/mol. The largest absolute Gasteiger partial charge is 0.326 e. The third kappa shape index (κ3) is 1.79. The molecule has 0 fully saturated rings. The normalized spacial score (nSPS) is 16.2. The second-order valence-corrected chi connectivity index (χ2v) is 4.38. The number of rotatable bonds is 2. The summed E-state index contributed by atoms with van der Waals surface area (Å²) in [6.45, 7) is 5.02. The molecule has 16 heavy (non-hydrogen) atoms. The van der Waals surface area contributed by atoms with Crippen molar-refractivity contribution in [3.05, 3.63) is 33.2 Å². The molecule has 0 spiro atoms. The van der Waals surface area contributed by atoms with E-state index in [1.165, 1.54) is 11.3 Å². The minimum absolute atomic E-state index is 0.0910. The first-order chi connectivity index (χ1) is 7.67. The quantitative estimate of drug-likeness (QED) is 0.782. The smallest absolute Gasteiger partial charge is 0.255 e. The van der Waals surface area contributed by atoms with E-state index in [9.17, 15) is 4.79 Å². The molecule has 1 aromatic heterocycles. The first-order valence-corrected chi connectivity index (χ1v) is 5.80. The van der Waals surface area contributed by atoms with E-state index in [0.29, 0.717) is 6.54 Å². The highest BCUT2D eigenvalue weighted by Crippen LogP contribution is 2.17. The molecule has 2 N–H and O–H groups in total. The van der Waals surface area contributed by atoms with Gasteiger partial charge >= 0.3 is 0 Å². The summed E-state index contributed by atoms with van der Waals surface area (Å²) < 4.78 is 1.88. The number of nitrogens with zero attached hydrogens (tertiary/aromatic N) is 2. The standard InChI is InChI=1S/C12H19N3O/c1-3-15-11-4-5-14(2)8-10(11)6-9(7-13)12(15)16/h6H,3-5,7-8,13H2,1-2H3. The number of nitrogens with two attached hydrogens (primary N) is 1. The summed E-state index contributed by atoms with van der Waals surface area (Å²) >= 11 is 0. The summed E-state index contributed by atoms with van der Waals surface area (Å²) in [6.07, 6.45) is 0.958. The maximum absolute atomic E-state index is 12.1. The van der Waals surface area contributed by atoms with Crippen molar-refractivity contribution in [2.75, 3.05) is 13.6 Å². The van der Waals surface area contributed by atoms with Crippen LogP contribution >= 0.6 is 0 Å². The number of pyridine rings is 1. The predicted octanol–water partition coefficient (Wildman–Crippen LogP) is 0.315. The molecule has 4 nitrogen and oxygen atoms in total. The second kappa shape index (κ2) is 4.39. The molecule has 0 radical (unpaired) electrons. The lowest BCUT2D eigenvalue weighted by Gasteiger charge is -2.27. The minimum Gasteiger partial charge on any atom is -0.326 e. The van der Waals surface area contributed by atoms with E-state index in [2.05, 4.69) is 11.9 Å². The van der Waals surface area contributed by atoms with Gasteiger partial charge in [-0.2, -0.15) is 0 Å². The second-order valence-electron chi connectivity index (χ2n) is 4.38. The number of hydrogen-bond acceptors (Lipinski definition) is 3. The van der Waals surface area contributed by atoms with Crippen LogP contribution in [0, 0.1) is 0 Å². The van der Waals surface area contributed by atoms with Crippen LogP contribution in [0.5, 0.6) is 0 Å². The Bertz CT molecular complexity index is 450. The van der Waals surface area contributed by atoms with E-state index in [1.54, 1.807) is 0 Å². The summed E-state index contributed by atoms with van der Waals surface area (Å²) in [6, 6.07) is 1.99. The maximum Gasteiger partial charge on any atom is 0.255 e. The van der Waals surface area contributed by atoms with Crippen molar-refractivity contribution in [1.29, 1.82) is 0 Å². The Morgan fingerprint density at radius 1 is 1.50 bits per heavy atom. The van der Waals surface area contributed by atoms with Crippen molar-refractivity contribution in [1.82, 2.24) is 9.47 Å². The van der Waals surface area contributed by atoms with Crippen LogP contribution in [0.4, 0.5) is 0 Å². The zero-order valence-electron chi connectivity index (χ0n) is 9.99. The molecule has 0 saturated carbocycles. The number of likely N-dealkylation sites (N-methyl/N-ethyl adjacent to an activating group) is 1. The van der Waals surface area contributed by atoms with Crippen molar-refractivity contribution in [3.8, 4) is 0 Å². The molecule has 4 heteroatoms. The van der Waals surface area contributed by atoms with E-state index in [1.807, 2.05) is 17.6 Å². The van der Waals surface area contributed by atoms with Gasteiger partial charge in [0.25, 0.3) is 5.56 Å². The van der Waals surface area contributed by atoms with Crippen LogP contribution in [0.15, 0.2) is 10.9 Å². The van der Waals surface area contributed by atoms with Crippen molar-refractivity contribution in [2.24, 2.45) is 5.73 Å². The Labute approximate surface area is 95.7 Å². The third-order valence-corrected chi connectivity index (χ3v) is 3.27. The summed E-state index contributed by atoms with van der Waals surface area (Å²) in [4.78, 5) is 14.3. The summed E-state index contributed by atoms with van der Waals surface area (Å²) in [7, 11) is 2.10. The monoisotopic (exact) mass is 221 g/mol. The Hall–Kier alpha value is -1.13. The zero-order valence-corrected chi connectivity index (χ0v) is 9.99. The molecule has 0 bridgehead atoms. The highest BCUT2D eigenvalue weighted by Gasteiger charge is 2.18.